The van der Waals surface area contributed by atoms with E-state index in [1.165, 1.54) is 0 Å². The van der Waals surface area contributed by atoms with E-state index in [9.17, 15) is 4.79 Å². The summed E-state index contributed by atoms with van der Waals surface area (Å²) in [6.07, 6.45) is 0.676. The maximum atomic E-state index is 12.0. The SMILES string of the molecule is CO[NH2+]c1ccc(CPNC(=O)c2ccccc2C)o1. The maximum absolute atomic E-state index is 12.0. The first-order valence-electron chi connectivity index (χ1n) is 6.24. The molecule has 0 saturated heterocycles. The van der Waals surface area contributed by atoms with E-state index in [0.29, 0.717) is 17.6 Å². The average Bonchev–Trinajstić information content (AvgIpc) is 2.87. The number of amides is 1. The summed E-state index contributed by atoms with van der Waals surface area (Å²) in [6.45, 7) is 1.93. The highest BCUT2D eigenvalue weighted by Crippen LogP contribution is 2.19. The molecule has 0 aliphatic heterocycles. The number of nitrogens with one attached hydrogen (secondary N) is 1. The van der Waals surface area contributed by atoms with Crippen LogP contribution in [0, 0.1) is 6.92 Å². The summed E-state index contributed by atoms with van der Waals surface area (Å²) < 4.78 is 5.51. The molecule has 3 N–H and O–H groups in total. The molecule has 2 rings (SSSR count). The molecular weight excluding hydrogens is 275 g/mol. The number of furan rings is 1. The van der Waals surface area contributed by atoms with Crippen LogP contribution >= 0.6 is 8.73 Å². The second-order valence-corrected chi connectivity index (χ2v) is 5.24. The standard InChI is InChI=1S/C14H17N2O3P/c1-10-5-3-4-6-12(10)14(17)16-20-9-11-7-8-13(19-11)15-18-2/h3-8,15,20H,9H2,1-2H3,(H,16,17)/p+1. The molecule has 0 bridgehead atoms. The van der Waals surface area contributed by atoms with Crippen molar-refractivity contribution >= 4 is 20.5 Å². The molecule has 20 heavy (non-hydrogen) atoms. The van der Waals surface area contributed by atoms with Gasteiger partial charge in [-0.05, 0) is 33.4 Å². The van der Waals surface area contributed by atoms with Gasteiger partial charge >= 0.3 is 5.88 Å². The summed E-state index contributed by atoms with van der Waals surface area (Å²) in [6, 6.07) is 11.3. The number of nitrogens with two attached hydrogens (primary N) is 1. The van der Waals surface area contributed by atoms with Crippen LogP contribution in [0.15, 0.2) is 40.8 Å². The van der Waals surface area contributed by atoms with Crippen LogP contribution in [0.25, 0.3) is 0 Å². The first-order valence-corrected chi connectivity index (χ1v) is 7.45. The van der Waals surface area contributed by atoms with E-state index in [-0.39, 0.29) is 14.6 Å². The molecule has 106 valence electrons. The average molecular weight is 293 g/mol. The van der Waals surface area contributed by atoms with Crippen molar-refractivity contribution in [3.63, 3.8) is 0 Å². The van der Waals surface area contributed by atoms with Crippen molar-refractivity contribution in [3.05, 3.63) is 53.3 Å². The summed E-state index contributed by atoms with van der Waals surface area (Å²) in [5.74, 6) is 1.46. The highest BCUT2D eigenvalue weighted by molar-refractivity contribution is 7.35. The number of rotatable bonds is 6. The van der Waals surface area contributed by atoms with Crippen LogP contribution < -0.4 is 10.6 Å². The molecule has 0 aliphatic rings. The lowest BCUT2D eigenvalue weighted by Crippen LogP contribution is -2.75. The van der Waals surface area contributed by atoms with Crippen molar-refractivity contribution in [2.75, 3.05) is 7.11 Å². The minimum absolute atomic E-state index is 0.0448. The second kappa shape index (κ2) is 7.20. The molecule has 0 radical (unpaired) electrons. The molecule has 1 atom stereocenters. The molecular formula is C14H18N2O3P+. The number of hydrogen-bond acceptors (Lipinski definition) is 3. The third-order valence-electron chi connectivity index (χ3n) is 2.77. The van der Waals surface area contributed by atoms with Gasteiger partial charge < -0.3 is 9.50 Å². The van der Waals surface area contributed by atoms with Crippen molar-refractivity contribution in [1.82, 2.24) is 5.09 Å². The minimum Gasteiger partial charge on any atom is -0.415 e. The zero-order chi connectivity index (χ0) is 14.4. The zero-order valence-corrected chi connectivity index (χ0v) is 12.5. The van der Waals surface area contributed by atoms with Gasteiger partial charge in [0.25, 0.3) is 5.91 Å². The Morgan fingerprint density at radius 3 is 2.90 bits per heavy atom. The predicted octanol–water partition coefficient (Wildman–Crippen LogP) is 1.87. The number of quaternary nitrogens is 1. The number of carbonyl (C=O) groups is 1. The Bertz CT molecular complexity index is 583. The van der Waals surface area contributed by atoms with Gasteiger partial charge in [-0.25, -0.2) is 4.84 Å². The molecule has 0 saturated carbocycles. The predicted molar refractivity (Wildman–Crippen MR) is 78.0 cm³/mol. The molecule has 0 fully saturated rings. The van der Waals surface area contributed by atoms with Gasteiger partial charge in [0, 0.05) is 17.8 Å². The van der Waals surface area contributed by atoms with Gasteiger partial charge in [-0.15, -0.1) is 5.48 Å². The maximum Gasteiger partial charge on any atom is 0.326 e. The van der Waals surface area contributed by atoms with Crippen LogP contribution in [0.3, 0.4) is 0 Å². The Labute approximate surface area is 119 Å². The Hall–Kier alpha value is -1.68. The van der Waals surface area contributed by atoms with Crippen molar-refractivity contribution in [2.24, 2.45) is 0 Å². The monoisotopic (exact) mass is 293 g/mol. The van der Waals surface area contributed by atoms with Crippen molar-refractivity contribution in [1.29, 1.82) is 0 Å². The Balaban J connectivity index is 1.83. The number of hydrogen-bond donors (Lipinski definition) is 2. The molecule has 1 aromatic carbocycles. The lowest BCUT2D eigenvalue weighted by Gasteiger charge is -2.06. The Morgan fingerprint density at radius 2 is 2.15 bits per heavy atom. The summed E-state index contributed by atoms with van der Waals surface area (Å²) in [5, 5.41) is 2.92. The summed E-state index contributed by atoms with van der Waals surface area (Å²) >= 11 is 0. The lowest BCUT2D eigenvalue weighted by molar-refractivity contribution is -0.837. The molecule has 1 amide bonds. The van der Waals surface area contributed by atoms with Crippen molar-refractivity contribution in [2.45, 2.75) is 13.1 Å². The van der Waals surface area contributed by atoms with Gasteiger partial charge in [0.15, 0.2) is 0 Å². The summed E-state index contributed by atoms with van der Waals surface area (Å²) in [7, 11) is 1.86. The van der Waals surface area contributed by atoms with Crippen LogP contribution in [0.4, 0.5) is 5.88 Å². The fourth-order valence-corrected chi connectivity index (χ4v) is 2.52. The quantitative estimate of drug-likeness (QED) is 0.631. The fraction of sp³-hybridized carbons (Fsp3) is 0.214. The van der Waals surface area contributed by atoms with Crippen LogP contribution in [-0.4, -0.2) is 13.0 Å². The number of aryl methyl sites for hydroxylation is 1. The number of carbonyl (C=O) groups excluding carboxylic acids is 1. The van der Waals surface area contributed by atoms with Crippen molar-refractivity contribution in [3.8, 4) is 0 Å². The van der Waals surface area contributed by atoms with Gasteiger partial charge in [0.05, 0.1) is 7.11 Å². The first kappa shape index (κ1) is 14.7. The summed E-state index contributed by atoms with van der Waals surface area (Å²) in [5.41, 5.74) is 3.23. The van der Waals surface area contributed by atoms with E-state index in [0.717, 1.165) is 11.3 Å². The molecule has 5 nitrogen and oxygen atoms in total. The highest BCUT2D eigenvalue weighted by atomic mass is 31.1. The molecule has 1 aromatic heterocycles. The van der Waals surface area contributed by atoms with Gasteiger partial charge in [-0.2, -0.15) is 0 Å². The molecule has 2 aromatic rings. The normalized spacial score (nSPS) is 11.1. The van der Waals surface area contributed by atoms with Gasteiger partial charge in [-0.3, -0.25) is 4.79 Å². The molecule has 0 aliphatic carbocycles. The Kier molecular flexibility index (Phi) is 5.30. The van der Waals surface area contributed by atoms with Crippen LogP contribution in [0.5, 0.6) is 0 Å². The smallest absolute Gasteiger partial charge is 0.326 e. The van der Waals surface area contributed by atoms with Crippen LogP contribution in [0.2, 0.25) is 0 Å². The second-order valence-electron chi connectivity index (χ2n) is 4.28. The molecule has 1 unspecified atom stereocenters. The minimum atomic E-state index is -0.0448. The van der Waals surface area contributed by atoms with Crippen LogP contribution in [-0.2, 0) is 11.0 Å². The fourth-order valence-electron chi connectivity index (χ4n) is 1.78. The Morgan fingerprint density at radius 1 is 1.35 bits per heavy atom. The summed E-state index contributed by atoms with van der Waals surface area (Å²) in [4.78, 5) is 16.9. The van der Waals surface area contributed by atoms with E-state index < -0.39 is 0 Å². The van der Waals surface area contributed by atoms with E-state index in [2.05, 4.69) is 5.09 Å². The van der Waals surface area contributed by atoms with Gasteiger partial charge in [0.2, 0.25) is 0 Å². The first-order chi connectivity index (χ1) is 9.70. The van der Waals surface area contributed by atoms with E-state index in [4.69, 9.17) is 9.25 Å². The molecule has 0 spiro atoms. The molecule has 6 heteroatoms. The number of benzene rings is 1. The lowest BCUT2D eigenvalue weighted by atomic mass is 10.1. The topological polar surface area (TPSA) is 68.1 Å². The van der Waals surface area contributed by atoms with E-state index >= 15 is 0 Å². The van der Waals surface area contributed by atoms with E-state index in [1.54, 1.807) is 12.6 Å². The van der Waals surface area contributed by atoms with Gasteiger partial charge in [-0.1, -0.05) is 18.2 Å². The zero-order valence-electron chi connectivity index (χ0n) is 11.5. The molecule has 1 heterocycles. The van der Waals surface area contributed by atoms with E-state index in [1.807, 2.05) is 43.3 Å². The van der Waals surface area contributed by atoms with Gasteiger partial charge in [0.1, 0.15) is 5.76 Å². The third kappa shape index (κ3) is 3.90. The van der Waals surface area contributed by atoms with Crippen LogP contribution in [0.1, 0.15) is 21.7 Å². The highest BCUT2D eigenvalue weighted by Gasteiger charge is 2.09. The largest absolute Gasteiger partial charge is 0.415 e. The van der Waals surface area contributed by atoms with Crippen molar-refractivity contribution < 1.29 is 19.5 Å². The third-order valence-corrected chi connectivity index (χ3v) is 3.70.